The van der Waals surface area contributed by atoms with Crippen molar-refractivity contribution in [2.75, 3.05) is 33.9 Å². The second-order valence-electron chi connectivity index (χ2n) is 9.21. The van der Waals surface area contributed by atoms with E-state index in [4.69, 9.17) is 14.2 Å². The van der Waals surface area contributed by atoms with Gasteiger partial charge in [-0.2, -0.15) is 0 Å². The molecule has 0 saturated heterocycles. The van der Waals surface area contributed by atoms with Crippen molar-refractivity contribution in [1.29, 1.82) is 0 Å². The number of carbonyl (C=O) groups is 3. The van der Waals surface area contributed by atoms with E-state index in [0.29, 0.717) is 36.6 Å². The molecule has 0 bridgehead atoms. The molecular formula is C26H32N2O6. The lowest BCUT2D eigenvalue weighted by Gasteiger charge is -2.29. The maximum atomic E-state index is 12.6. The fourth-order valence-electron chi connectivity index (χ4n) is 3.76. The first kappa shape index (κ1) is 25.1. The quantitative estimate of drug-likeness (QED) is 0.628. The molecular weight excluding hydrogens is 436 g/mol. The number of nitrogens with one attached hydrogen (secondary N) is 1. The molecule has 0 unspecified atom stereocenters. The van der Waals surface area contributed by atoms with Crippen molar-refractivity contribution >= 4 is 17.8 Å². The third-order valence-corrected chi connectivity index (χ3v) is 5.83. The summed E-state index contributed by atoms with van der Waals surface area (Å²) in [7, 11) is 3.15. The Morgan fingerprint density at radius 3 is 2.18 bits per heavy atom. The van der Waals surface area contributed by atoms with Gasteiger partial charge in [-0.3, -0.25) is 14.4 Å². The summed E-state index contributed by atoms with van der Waals surface area (Å²) in [4.78, 5) is 38.6. The van der Waals surface area contributed by atoms with E-state index in [2.05, 4.69) is 26.1 Å². The number of hydrogen-bond acceptors (Lipinski definition) is 6. The Bertz CT molecular complexity index is 1060. The van der Waals surface area contributed by atoms with Gasteiger partial charge in [0.25, 0.3) is 11.8 Å². The van der Waals surface area contributed by atoms with Crippen LogP contribution in [-0.4, -0.2) is 56.6 Å². The van der Waals surface area contributed by atoms with E-state index in [9.17, 15) is 14.4 Å². The summed E-state index contributed by atoms with van der Waals surface area (Å²) in [5.74, 6) is -0.0802. The van der Waals surface area contributed by atoms with Gasteiger partial charge in [0.15, 0.2) is 18.1 Å². The second-order valence-corrected chi connectivity index (χ2v) is 9.21. The van der Waals surface area contributed by atoms with E-state index in [1.165, 1.54) is 0 Å². The Kier molecular flexibility index (Phi) is 7.81. The fraction of sp³-hybridized carbons (Fsp3) is 0.423. The molecule has 0 aromatic heterocycles. The fourth-order valence-corrected chi connectivity index (χ4v) is 3.76. The molecule has 2 aromatic carbocycles. The van der Waals surface area contributed by atoms with Crippen molar-refractivity contribution in [1.82, 2.24) is 10.2 Å². The number of esters is 1. The predicted molar refractivity (Wildman–Crippen MR) is 127 cm³/mol. The molecule has 0 spiro atoms. The predicted octanol–water partition coefficient (Wildman–Crippen LogP) is 2.86. The van der Waals surface area contributed by atoms with Crippen LogP contribution in [0.25, 0.3) is 0 Å². The summed E-state index contributed by atoms with van der Waals surface area (Å²) in [6, 6.07) is 11.0. The number of ether oxygens (including phenoxy) is 3. The molecule has 1 heterocycles. The number of benzene rings is 2. The van der Waals surface area contributed by atoms with E-state index >= 15 is 0 Å². The molecule has 34 heavy (non-hydrogen) atoms. The summed E-state index contributed by atoms with van der Waals surface area (Å²) in [6.45, 7) is 6.50. The van der Waals surface area contributed by atoms with Crippen molar-refractivity contribution in [3.05, 3.63) is 58.7 Å². The van der Waals surface area contributed by atoms with Crippen LogP contribution in [-0.2, 0) is 32.7 Å². The van der Waals surface area contributed by atoms with E-state index in [-0.39, 0.29) is 30.4 Å². The van der Waals surface area contributed by atoms with E-state index in [1.807, 2.05) is 24.3 Å². The highest BCUT2D eigenvalue weighted by molar-refractivity contribution is 5.96. The van der Waals surface area contributed by atoms with Crippen LogP contribution in [0, 0.1) is 0 Å². The molecule has 3 rings (SSSR count). The molecule has 182 valence electrons. The summed E-state index contributed by atoms with van der Waals surface area (Å²) in [5.41, 5.74) is 3.61. The van der Waals surface area contributed by atoms with Gasteiger partial charge in [0.2, 0.25) is 0 Å². The van der Waals surface area contributed by atoms with Gasteiger partial charge in [-0.05, 0) is 52.8 Å². The number of hydrogen-bond donors (Lipinski definition) is 1. The van der Waals surface area contributed by atoms with Crippen LogP contribution in [0.15, 0.2) is 36.4 Å². The highest BCUT2D eigenvalue weighted by atomic mass is 16.5. The number of nitrogens with zero attached hydrogens (tertiary/aromatic N) is 1. The minimum absolute atomic E-state index is 0.0132. The smallest absolute Gasteiger partial charge is 0.325 e. The number of rotatable bonds is 7. The third kappa shape index (κ3) is 6.07. The molecule has 1 aliphatic rings. The zero-order chi connectivity index (χ0) is 24.9. The van der Waals surface area contributed by atoms with Crippen LogP contribution >= 0.6 is 0 Å². The zero-order valence-electron chi connectivity index (χ0n) is 20.4. The lowest BCUT2D eigenvalue weighted by atomic mass is 9.87. The first-order valence-corrected chi connectivity index (χ1v) is 11.2. The van der Waals surface area contributed by atoms with Crippen LogP contribution in [0.1, 0.15) is 47.8 Å². The van der Waals surface area contributed by atoms with Gasteiger partial charge in [-0.15, -0.1) is 0 Å². The van der Waals surface area contributed by atoms with Gasteiger partial charge in [-0.1, -0.05) is 32.9 Å². The largest absolute Gasteiger partial charge is 0.493 e. The van der Waals surface area contributed by atoms with Crippen LogP contribution in [0.4, 0.5) is 0 Å². The number of methoxy groups -OCH3 is 2. The topological polar surface area (TPSA) is 94.2 Å². The first-order valence-electron chi connectivity index (χ1n) is 11.2. The number of amides is 2. The Labute approximate surface area is 200 Å². The summed E-state index contributed by atoms with van der Waals surface area (Å²) in [5, 5.41) is 2.53. The maximum absolute atomic E-state index is 12.6. The second kappa shape index (κ2) is 10.6. The number of fused-ring (bicyclic) bond motifs is 1. The molecule has 0 aliphatic carbocycles. The SMILES string of the molecule is COc1cc2c(cc1OC)CN(C(=O)COC(=O)CNC(=O)c1ccc(C(C)(C)C)cc1)CC2. The van der Waals surface area contributed by atoms with Gasteiger partial charge >= 0.3 is 5.97 Å². The van der Waals surface area contributed by atoms with Gasteiger partial charge < -0.3 is 24.4 Å². The molecule has 1 aliphatic heterocycles. The summed E-state index contributed by atoms with van der Waals surface area (Å²) in [6.07, 6.45) is 0.666. The van der Waals surface area contributed by atoms with Gasteiger partial charge in [0, 0.05) is 18.7 Å². The molecule has 1 N–H and O–H groups in total. The average Bonchev–Trinajstić information content (AvgIpc) is 2.83. The molecule has 0 radical (unpaired) electrons. The Morgan fingerprint density at radius 1 is 0.971 bits per heavy atom. The first-order chi connectivity index (χ1) is 16.1. The van der Waals surface area contributed by atoms with Crippen molar-refractivity contribution in [2.45, 2.75) is 39.2 Å². The van der Waals surface area contributed by atoms with E-state index < -0.39 is 5.97 Å². The number of carbonyl (C=O) groups excluding carboxylic acids is 3. The lowest BCUT2D eigenvalue weighted by molar-refractivity contribution is -0.151. The molecule has 0 atom stereocenters. The highest BCUT2D eigenvalue weighted by Crippen LogP contribution is 2.33. The molecule has 8 heteroatoms. The van der Waals surface area contributed by atoms with Crippen LogP contribution in [0.5, 0.6) is 11.5 Å². The normalized spacial score (nSPS) is 13.0. The minimum atomic E-state index is -0.670. The van der Waals surface area contributed by atoms with Gasteiger partial charge in [0.1, 0.15) is 6.54 Å². The van der Waals surface area contributed by atoms with E-state index in [0.717, 1.165) is 16.7 Å². The zero-order valence-corrected chi connectivity index (χ0v) is 20.4. The van der Waals surface area contributed by atoms with E-state index in [1.54, 1.807) is 31.3 Å². The molecule has 2 amide bonds. The summed E-state index contributed by atoms with van der Waals surface area (Å²) < 4.78 is 15.8. The van der Waals surface area contributed by atoms with Crippen LogP contribution < -0.4 is 14.8 Å². The minimum Gasteiger partial charge on any atom is -0.493 e. The standard InChI is InChI=1S/C26H32N2O6/c1-26(2,3)20-8-6-17(7-9-20)25(31)27-14-24(30)34-16-23(29)28-11-10-18-12-21(32-4)22(33-5)13-19(18)15-28/h6-9,12-13H,10-11,14-16H2,1-5H3,(H,27,31). The van der Waals surface area contributed by atoms with Crippen molar-refractivity contribution < 1.29 is 28.6 Å². The van der Waals surface area contributed by atoms with Gasteiger partial charge in [-0.25, -0.2) is 0 Å². The average molecular weight is 469 g/mol. The Morgan fingerprint density at radius 2 is 1.59 bits per heavy atom. The van der Waals surface area contributed by atoms with Crippen LogP contribution in [0.2, 0.25) is 0 Å². The van der Waals surface area contributed by atoms with Crippen molar-refractivity contribution in [2.24, 2.45) is 0 Å². The molecule has 0 saturated carbocycles. The monoisotopic (exact) mass is 468 g/mol. The molecule has 0 fully saturated rings. The van der Waals surface area contributed by atoms with Crippen molar-refractivity contribution in [3.8, 4) is 11.5 Å². The lowest BCUT2D eigenvalue weighted by Crippen LogP contribution is -2.39. The van der Waals surface area contributed by atoms with Crippen LogP contribution in [0.3, 0.4) is 0 Å². The maximum Gasteiger partial charge on any atom is 0.325 e. The molecule has 2 aromatic rings. The highest BCUT2D eigenvalue weighted by Gasteiger charge is 2.24. The van der Waals surface area contributed by atoms with Gasteiger partial charge in [0.05, 0.1) is 14.2 Å². The summed E-state index contributed by atoms with van der Waals surface area (Å²) >= 11 is 0. The van der Waals surface area contributed by atoms with Crippen molar-refractivity contribution in [3.63, 3.8) is 0 Å². The Balaban J connectivity index is 1.47. The molecule has 8 nitrogen and oxygen atoms in total. The Hall–Kier alpha value is -3.55. The third-order valence-electron chi connectivity index (χ3n) is 5.83.